The van der Waals surface area contributed by atoms with E-state index in [1.165, 1.54) is 0 Å². The second-order valence-corrected chi connectivity index (χ2v) is 7.57. The lowest BCUT2D eigenvalue weighted by Crippen LogP contribution is -2.48. The molecule has 2 N–H and O–H groups in total. The fourth-order valence-electron chi connectivity index (χ4n) is 2.38. The van der Waals surface area contributed by atoms with Crippen molar-refractivity contribution in [3.05, 3.63) is 16.1 Å². The van der Waals surface area contributed by atoms with E-state index in [9.17, 15) is 4.79 Å². The van der Waals surface area contributed by atoms with Gasteiger partial charge in [0, 0.05) is 16.8 Å². The number of rotatable bonds is 3. The molecule has 1 aromatic heterocycles. The van der Waals surface area contributed by atoms with Gasteiger partial charge >= 0.3 is 0 Å². The molecule has 0 bridgehead atoms. The minimum absolute atomic E-state index is 0.0585. The van der Waals surface area contributed by atoms with Gasteiger partial charge in [-0.1, -0.05) is 27.7 Å². The van der Waals surface area contributed by atoms with E-state index in [1.807, 2.05) is 5.38 Å². The predicted molar refractivity (Wildman–Crippen MR) is 83.1 cm³/mol. The highest BCUT2D eigenvalue weighted by molar-refractivity contribution is 7.09. The molecule has 0 aromatic carbocycles. The van der Waals surface area contributed by atoms with E-state index in [0.717, 1.165) is 30.2 Å². The molecule has 2 unspecified atom stereocenters. The maximum atomic E-state index is 12.1. The van der Waals surface area contributed by atoms with Crippen molar-refractivity contribution in [2.45, 2.75) is 52.0 Å². The van der Waals surface area contributed by atoms with E-state index in [4.69, 9.17) is 0 Å². The van der Waals surface area contributed by atoms with Crippen LogP contribution in [0, 0.1) is 5.92 Å². The number of carbonyl (C=O) groups is 1. The highest BCUT2D eigenvalue weighted by Crippen LogP contribution is 2.25. The Bertz CT molecular complexity index is 464. The molecule has 4 nitrogen and oxygen atoms in total. The molecule has 1 aliphatic heterocycles. The zero-order valence-electron chi connectivity index (χ0n) is 12.8. The van der Waals surface area contributed by atoms with Crippen LogP contribution < -0.4 is 10.6 Å². The summed E-state index contributed by atoms with van der Waals surface area (Å²) in [5.74, 6) is 0.586. The lowest BCUT2D eigenvalue weighted by molar-refractivity contribution is -0.121. The number of carbonyl (C=O) groups excluding carboxylic acids is 1. The number of hydrogen-bond acceptors (Lipinski definition) is 4. The molecule has 1 fully saturated rings. The normalized spacial score (nSPS) is 23.6. The van der Waals surface area contributed by atoms with E-state index in [0.29, 0.717) is 18.4 Å². The highest BCUT2D eigenvalue weighted by atomic mass is 32.1. The van der Waals surface area contributed by atoms with Gasteiger partial charge in [-0.2, -0.15) is 0 Å². The molecule has 0 radical (unpaired) electrons. The number of amides is 1. The van der Waals surface area contributed by atoms with Gasteiger partial charge in [0.1, 0.15) is 0 Å². The Morgan fingerprint density at radius 1 is 1.55 bits per heavy atom. The van der Waals surface area contributed by atoms with Crippen LogP contribution in [0.15, 0.2) is 5.38 Å². The van der Waals surface area contributed by atoms with Gasteiger partial charge in [-0.25, -0.2) is 4.98 Å². The van der Waals surface area contributed by atoms with Crippen LogP contribution in [0.2, 0.25) is 0 Å². The van der Waals surface area contributed by atoms with Crippen LogP contribution in [0.1, 0.15) is 44.8 Å². The number of aromatic nitrogens is 1. The number of piperidine rings is 1. The monoisotopic (exact) mass is 295 g/mol. The van der Waals surface area contributed by atoms with Crippen molar-refractivity contribution in [1.82, 2.24) is 15.6 Å². The van der Waals surface area contributed by atoms with Crippen LogP contribution in [0.4, 0.5) is 0 Å². The topological polar surface area (TPSA) is 54.0 Å². The Hall–Kier alpha value is -0.940. The summed E-state index contributed by atoms with van der Waals surface area (Å²) in [4.78, 5) is 16.7. The second kappa shape index (κ2) is 6.22. The van der Waals surface area contributed by atoms with Crippen LogP contribution in [-0.2, 0) is 16.6 Å². The number of thiazole rings is 1. The SMILES string of the molecule is CC1CNCCC1NC(=O)Cc1csc(C(C)(C)C)n1. The molecule has 0 spiro atoms. The zero-order chi connectivity index (χ0) is 14.8. The fourth-order valence-corrected chi connectivity index (χ4v) is 3.29. The third kappa shape index (κ3) is 4.03. The lowest BCUT2D eigenvalue weighted by Gasteiger charge is -2.30. The van der Waals surface area contributed by atoms with E-state index in [1.54, 1.807) is 11.3 Å². The van der Waals surface area contributed by atoms with Crippen LogP contribution in [0.25, 0.3) is 0 Å². The summed E-state index contributed by atoms with van der Waals surface area (Å²) < 4.78 is 0. The van der Waals surface area contributed by atoms with Crippen molar-refractivity contribution >= 4 is 17.2 Å². The van der Waals surface area contributed by atoms with E-state index < -0.39 is 0 Å². The van der Waals surface area contributed by atoms with Gasteiger partial charge in [-0.15, -0.1) is 11.3 Å². The minimum atomic E-state index is 0.0585. The van der Waals surface area contributed by atoms with Gasteiger partial charge in [-0.05, 0) is 25.4 Å². The van der Waals surface area contributed by atoms with Gasteiger partial charge in [0.15, 0.2) is 0 Å². The number of hydrogen-bond donors (Lipinski definition) is 2. The summed E-state index contributed by atoms with van der Waals surface area (Å²) >= 11 is 1.64. The molecule has 1 aromatic rings. The second-order valence-electron chi connectivity index (χ2n) is 6.71. The molecule has 112 valence electrons. The maximum Gasteiger partial charge on any atom is 0.226 e. The van der Waals surface area contributed by atoms with Gasteiger partial charge < -0.3 is 10.6 Å². The van der Waals surface area contributed by atoms with Gasteiger partial charge in [0.25, 0.3) is 0 Å². The van der Waals surface area contributed by atoms with E-state index >= 15 is 0 Å². The van der Waals surface area contributed by atoms with Gasteiger partial charge in [0.2, 0.25) is 5.91 Å². The van der Waals surface area contributed by atoms with Crippen molar-refractivity contribution < 1.29 is 4.79 Å². The first-order valence-electron chi connectivity index (χ1n) is 7.31. The summed E-state index contributed by atoms with van der Waals surface area (Å²) in [6.45, 7) is 10.6. The molecule has 2 heterocycles. The van der Waals surface area contributed by atoms with Crippen molar-refractivity contribution in [2.75, 3.05) is 13.1 Å². The molecule has 1 saturated heterocycles. The summed E-state index contributed by atoms with van der Waals surface area (Å²) in [6, 6.07) is 0.296. The summed E-state index contributed by atoms with van der Waals surface area (Å²) in [5.41, 5.74) is 0.946. The largest absolute Gasteiger partial charge is 0.353 e. The smallest absolute Gasteiger partial charge is 0.226 e. The lowest BCUT2D eigenvalue weighted by atomic mass is 9.95. The zero-order valence-corrected chi connectivity index (χ0v) is 13.6. The molecule has 0 saturated carbocycles. The average molecular weight is 295 g/mol. The third-order valence-corrected chi connectivity index (χ3v) is 4.98. The summed E-state index contributed by atoms with van der Waals surface area (Å²) in [6.07, 6.45) is 1.40. The van der Waals surface area contributed by atoms with Crippen LogP contribution in [0.5, 0.6) is 0 Å². The number of nitrogens with one attached hydrogen (secondary N) is 2. The first kappa shape index (κ1) is 15.4. The molecule has 20 heavy (non-hydrogen) atoms. The molecule has 1 aliphatic rings. The molecule has 2 atom stereocenters. The quantitative estimate of drug-likeness (QED) is 0.898. The van der Waals surface area contributed by atoms with Gasteiger partial charge in [0.05, 0.1) is 17.1 Å². The van der Waals surface area contributed by atoms with Crippen LogP contribution >= 0.6 is 11.3 Å². The minimum Gasteiger partial charge on any atom is -0.353 e. The molecule has 0 aliphatic carbocycles. The standard InChI is InChI=1S/C15H25N3OS/c1-10-8-16-6-5-12(10)18-13(19)7-11-9-20-14(17-11)15(2,3)4/h9-10,12,16H,5-8H2,1-4H3,(H,18,19). The first-order valence-corrected chi connectivity index (χ1v) is 8.19. The third-order valence-electron chi connectivity index (χ3n) is 3.67. The van der Waals surface area contributed by atoms with Crippen LogP contribution in [0.3, 0.4) is 0 Å². The van der Waals surface area contributed by atoms with Gasteiger partial charge in [-0.3, -0.25) is 4.79 Å². The summed E-state index contributed by atoms with van der Waals surface area (Å²) in [7, 11) is 0. The Kier molecular flexibility index (Phi) is 4.81. The van der Waals surface area contributed by atoms with E-state index in [2.05, 4.69) is 43.3 Å². The van der Waals surface area contributed by atoms with Crippen molar-refractivity contribution in [3.63, 3.8) is 0 Å². The molecular formula is C15H25N3OS. The maximum absolute atomic E-state index is 12.1. The average Bonchev–Trinajstić information content (AvgIpc) is 2.80. The number of nitrogens with zero attached hydrogens (tertiary/aromatic N) is 1. The Labute approximate surface area is 125 Å². The first-order chi connectivity index (χ1) is 9.36. The molecule has 5 heteroatoms. The van der Waals surface area contributed by atoms with E-state index in [-0.39, 0.29) is 11.3 Å². The Morgan fingerprint density at radius 3 is 2.90 bits per heavy atom. The highest BCUT2D eigenvalue weighted by Gasteiger charge is 2.23. The van der Waals surface area contributed by atoms with Crippen molar-refractivity contribution in [2.24, 2.45) is 5.92 Å². The molecular weight excluding hydrogens is 270 g/mol. The van der Waals surface area contributed by atoms with Crippen molar-refractivity contribution in [3.8, 4) is 0 Å². The van der Waals surface area contributed by atoms with Crippen LogP contribution in [-0.4, -0.2) is 30.0 Å². The Balaban J connectivity index is 1.89. The predicted octanol–water partition coefficient (Wildman–Crippen LogP) is 2.10. The molecule has 1 amide bonds. The molecule has 2 rings (SSSR count). The van der Waals surface area contributed by atoms with Crippen molar-refractivity contribution in [1.29, 1.82) is 0 Å². The Morgan fingerprint density at radius 2 is 2.30 bits per heavy atom. The summed E-state index contributed by atoms with van der Waals surface area (Å²) in [5, 5.41) is 9.60. The fraction of sp³-hybridized carbons (Fsp3) is 0.733.